The molecule has 0 saturated carbocycles. The summed E-state index contributed by atoms with van der Waals surface area (Å²) in [5.41, 5.74) is 2.33. The first-order valence-electron chi connectivity index (χ1n) is 6.72. The molecule has 0 radical (unpaired) electrons. The van der Waals surface area contributed by atoms with Gasteiger partial charge in [-0.25, -0.2) is 0 Å². The maximum absolute atomic E-state index is 4.46. The molecule has 0 unspecified atom stereocenters. The van der Waals surface area contributed by atoms with Crippen molar-refractivity contribution in [3.8, 4) is 5.69 Å². The lowest BCUT2D eigenvalue weighted by molar-refractivity contribution is 0.366. The van der Waals surface area contributed by atoms with E-state index in [4.69, 9.17) is 0 Å². The van der Waals surface area contributed by atoms with Gasteiger partial charge < -0.3 is 5.32 Å². The number of rotatable bonds is 5. The first-order valence-corrected chi connectivity index (χ1v) is 6.72. The third-order valence-corrected chi connectivity index (χ3v) is 2.88. The summed E-state index contributed by atoms with van der Waals surface area (Å²) in [6.45, 7) is 8.52. The lowest BCUT2D eigenvalue weighted by Gasteiger charge is -2.17. The standard InChI is InChI=1S/C15H22N4/c1-15(2,3)9-10-16-11-13-12-17-19(18-13)14-7-5-4-6-8-14/h4-8,12,16H,9-11H2,1-3H3. The molecule has 2 rings (SSSR count). The van der Waals surface area contributed by atoms with Gasteiger partial charge in [0.15, 0.2) is 0 Å². The van der Waals surface area contributed by atoms with Gasteiger partial charge in [0.1, 0.15) is 0 Å². The predicted octanol–water partition coefficient (Wildman–Crippen LogP) is 2.79. The zero-order valence-corrected chi connectivity index (χ0v) is 11.9. The number of hydrogen-bond donors (Lipinski definition) is 1. The van der Waals surface area contributed by atoms with Gasteiger partial charge in [-0.15, -0.1) is 0 Å². The van der Waals surface area contributed by atoms with E-state index in [2.05, 4.69) is 36.3 Å². The molecule has 1 N–H and O–H groups in total. The van der Waals surface area contributed by atoms with E-state index in [1.165, 1.54) is 0 Å². The van der Waals surface area contributed by atoms with Crippen LogP contribution in [0.2, 0.25) is 0 Å². The second-order valence-electron chi connectivity index (χ2n) is 5.95. The molecule has 19 heavy (non-hydrogen) atoms. The van der Waals surface area contributed by atoms with E-state index >= 15 is 0 Å². The molecule has 2 aromatic rings. The van der Waals surface area contributed by atoms with Crippen molar-refractivity contribution in [3.05, 3.63) is 42.2 Å². The van der Waals surface area contributed by atoms with E-state index in [0.29, 0.717) is 5.41 Å². The summed E-state index contributed by atoms with van der Waals surface area (Å²) in [7, 11) is 0. The average Bonchev–Trinajstić information content (AvgIpc) is 2.83. The molecule has 0 amide bonds. The van der Waals surface area contributed by atoms with E-state index in [-0.39, 0.29) is 0 Å². The van der Waals surface area contributed by atoms with Gasteiger partial charge >= 0.3 is 0 Å². The topological polar surface area (TPSA) is 42.7 Å². The van der Waals surface area contributed by atoms with Crippen molar-refractivity contribution >= 4 is 0 Å². The molecule has 0 aliphatic heterocycles. The van der Waals surface area contributed by atoms with E-state index in [1.807, 2.05) is 36.5 Å². The highest BCUT2D eigenvalue weighted by Crippen LogP contribution is 2.16. The minimum absolute atomic E-state index is 0.370. The molecule has 0 aliphatic rings. The van der Waals surface area contributed by atoms with E-state index in [0.717, 1.165) is 30.9 Å². The zero-order chi connectivity index (χ0) is 13.7. The van der Waals surface area contributed by atoms with Crippen molar-refractivity contribution in [3.63, 3.8) is 0 Å². The van der Waals surface area contributed by atoms with Crippen molar-refractivity contribution < 1.29 is 0 Å². The highest BCUT2D eigenvalue weighted by atomic mass is 15.5. The summed E-state index contributed by atoms with van der Waals surface area (Å²) in [5, 5.41) is 12.1. The second kappa shape index (κ2) is 5.97. The Labute approximate surface area is 114 Å². The molecule has 0 aliphatic carbocycles. The van der Waals surface area contributed by atoms with Gasteiger partial charge in [0, 0.05) is 6.54 Å². The van der Waals surface area contributed by atoms with Crippen LogP contribution in [-0.4, -0.2) is 21.5 Å². The highest BCUT2D eigenvalue weighted by Gasteiger charge is 2.09. The SMILES string of the molecule is CC(C)(C)CCNCc1cnn(-c2ccccc2)n1. The van der Waals surface area contributed by atoms with Crippen LogP contribution in [-0.2, 0) is 6.54 Å². The van der Waals surface area contributed by atoms with Crippen LogP contribution in [0, 0.1) is 5.41 Å². The minimum atomic E-state index is 0.370. The Morgan fingerprint density at radius 2 is 1.89 bits per heavy atom. The van der Waals surface area contributed by atoms with E-state index in [9.17, 15) is 0 Å². The number of hydrogen-bond acceptors (Lipinski definition) is 3. The number of benzene rings is 1. The second-order valence-corrected chi connectivity index (χ2v) is 5.95. The van der Waals surface area contributed by atoms with E-state index < -0.39 is 0 Å². The maximum atomic E-state index is 4.46. The van der Waals surface area contributed by atoms with Gasteiger partial charge in [0.2, 0.25) is 0 Å². The van der Waals surface area contributed by atoms with E-state index in [1.54, 1.807) is 4.80 Å². The predicted molar refractivity (Wildman–Crippen MR) is 77.1 cm³/mol. The summed E-state index contributed by atoms with van der Waals surface area (Å²) in [5.74, 6) is 0. The summed E-state index contributed by atoms with van der Waals surface area (Å²) < 4.78 is 0. The fourth-order valence-electron chi connectivity index (χ4n) is 1.74. The minimum Gasteiger partial charge on any atom is -0.311 e. The van der Waals surface area contributed by atoms with Gasteiger partial charge in [-0.1, -0.05) is 39.0 Å². The Kier molecular flexibility index (Phi) is 4.32. The molecular formula is C15H22N4. The third kappa shape index (κ3) is 4.48. The molecular weight excluding hydrogens is 236 g/mol. The fraction of sp³-hybridized carbons (Fsp3) is 0.467. The summed E-state index contributed by atoms with van der Waals surface area (Å²) >= 11 is 0. The molecule has 4 heteroatoms. The lowest BCUT2D eigenvalue weighted by atomic mass is 9.92. The molecule has 102 valence electrons. The Hall–Kier alpha value is -1.68. The Balaban J connectivity index is 1.85. The quantitative estimate of drug-likeness (QED) is 0.839. The first kappa shape index (κ1) is 13.7. The van der Waals surface area contributed by atoms with Gasteiger partial charge in [-0.3, -0.25) is 0 Å². The van der Waals surface area contributed by atoms with Gasteiger partial charge in [0.25, 0.3) is 0 Å². The smallest absolute Gasteiger partial charge is 0.0969 e. The van der Waals surface area contributed by atoms with Gasteiger partial charge in [-0.2, -0.15) is 15.0 Å². The Morgan fingerprint density at radius 1 is 1.16 bits per heavy atom. The van der Waals surface area contributed by atoms with Crippen LogP contribution in [0.15, 0.2) is 36.5 Å². The Morgan fingerprint density at radius 3 is 2.58 bits per heavy atom. The molecule has 0 spiro atoms. The van der Waals surface area contributed by atoms with Crippen LogP contribution in [0.3, 0.4) is 0 Å². The van der Waals surface area contributed by atoms with Crippen molar-refractivity contribution in [2.45, 2.75) is 33.7 Å². The molecule has 0 fully saturated rings. The van der Waals surface area contributed by atoms with Crippen LogP contribution in [0.5, 0.6) is 0 Å². The summed E-state index contributed by atoms with van der Waals surface area (Å²) in [4.78, 5) is 1.67. The highest BCUT2D eigenvalue weighted by molar-refractivity contribution is 5.28. The van der Waals surface area contributed by atoms with Crippen LogP contribution >= 0.6 is 0 Å². The molecule has 0 atom stereocenters. The molecule has 0 saturated heterocycles. The lowest BCUT2D eigenvalue weighted by Crippen LogP contribution is -2.20. The number of nitrogens with zero attached hydrogens (tertiary/aromatic N) is 3. The van der Waals surface area contributed by atoms with Crippen LogP contribution in [0.25, 0.3) is 5.69 Å². The normalized spacial score (nSPS) is 11.7. The van der Waals surface area contributed by atoms with Crippen molar-refractivity contribution in [1.29, 1.82) is 0 Å². The molecule has 1 aromatic heterocycles. The number of nitrogens with one attached hydrogen (secondary N) is 1. The van der Waals surface area contributed by atoms with Crippen molar-refractivity contribution in [2.75, 3.05) is 6.54 Å². The number of aromatic nitrogens is 3. The maximum Gasteiger partial charge on any atom is 0.0969 e. The monoisotopic (exact) mass is 258 g/mol. The molecule has 0 bridgehead atoms. The Bertz CT molecular complexity index is 496. The van der Waals surface area contributed by atoms with Crippen LogP contribution in [0.1, 0.15) is 32.9 Å². The molecule has 4 nitrogen and oxygen atoms in total. The fourth-order valence-corrected chi connectivity index (χ4v) is 1.74. The summed E-state index contributed by atoms with van der Waals surface area (Å²) in [6, 6.07) is 9.95. The van der Waals surface area contributed by atoms with Crippen LogP contribution in [0.4, 0.5) is 0 Å². The zero-order valence-electron chi connectivity index (χ0n) is 11.9. The van der Waals surface area contributed by atoms with Crippen molar-refractivity contribution in [2.24, 2.45) is 5.41 Å². The van der Waals surface area contributed by atoms with Crippen molar-refractivity contribution in [1.82, 2.24) is 20.3 Å². The van der Waals surface area contributed by atoms with Gasteiger partial charge in [0.05, 0.1) is 17.6 Å². The first-order chi connectivity index (χ1) is 9.04. The van der Waals surface area contributed by atoms with Gasteiger partial charge in [-0.05, 0) is 30.5 Å². The largest absolute Gasteiger partial charge is 0.311 e. The summed E-state index contributed by atoms with van der Waals surface area (Å²) in [6.07, 6.45) is 2.97. The number of para-hydroxylation sites is 1. The molecule has 1 heterocycles. The van der Waals surface area contributed by atoms with Crippen LogP contribution < -0.4 is 5.32 Å². The third-order valence-electron chi connectivity index (χ3n) is 2.88. The average molecular weight is 258 g/mol. The molecule has 1 aromatic carbocycles.